The second-order valence-electron chi connectivity index (χ2n) is 3.72. The zero-order valence-corrected chi connectivity index (χ0v) is 9.26. The number of hydrogen-bond acceptors (Lipinski definition) is 3. The topological polar surface area (TPSA) is 80.4 Å². The van der Waals surface area contributed by atoms with Crippen LogP contribution < -0.4 is 0 Å². The fourth-order valence-electron chi connectivity index (χ4n) is 1.73. The maximum atomic E-state index is 10.6. The molecule has 0 fully saturated rings. The number of carboxylic acids is 1. The van der Waals surface area contributed by atoms with E-state index in [0.717, 1.165) is 0 Å². The molecule has 0 heterocycles. The summed E-state index contributed by atoms with van der Waals surface area (Å²) in [6, 6.07) is 0. The number of rotatable bonds is 5. The Morgan fingerprint density at radius 2 is 2.44 bits per heavy atom. The molecule has 2 unspecified atom stereocenters. The van der Waals surface area contributed by atoms with Gasteiger partial charge in [-0.25, -0.2) is 0 Å². The van der Waals surface area contributed by atoms with Gasteiger partial charge < -0.3 is 5.11 Å². The SMILES string of the molecule is O=C(O)CC(C[N+](=O)[O-])C1C=CC(Cl)=CC1. The molecule has 2 atom stereocenters. The normalized spacial score (nSPS) is 21.3. The second-order valence-corrected chi connectivity index (χ2v) is 4.16. The van der Waals surface area contributed by atoms with Crippen LogP contribution in [0, 0.1) is 22.0 Å². The van der Waals surface area contributed by atoms with Gasteiger partial charge in [0.2, 0.25) is 6.54 Å². The number of carboxylic acid groups (broad SMARTS) is 1. The van der Waals surface area contributed by atoms with Gasteiger partial charge in [-0.3, -0.25) is 14.9 Å². The average molecular weight is 246 g/mol. The Bertz CT molecular complexity index is 335. The van der Waals surface area contributed by atoms with Crippen molar-refractivity contribution < 1.29 is 14.8 Å². The third-order valence-corrected chi connectivity index (χ3v) is 2.79. The van der Waals surface area contributed by atoms with E-state index in [1.54, 1.807) is 18.2 Å². The number of halogens is 1. The lowest BCUT2D eigenvalue weighted by molar-refractivity contribution is -0.489. The maximum absolute atomic E-state index is 10.6. The van der Waals surface area contributed by atoms with Gasteiger partial charge in [0.05, 0.1) is 6.42 Å². The lowest BCUT2D eigenvalue weighted by atomic mass is 9.85. The summed E-state index contributed by atoms with van der Waals surface area (Å²) in [5.41, 5.74) is 0. The molecule has 5 nitrogen and oxygen atoms in total. The summed E-state index contributed by atoms with van der Waals surface area (Å²) in [5.74, 6) is -1.62. The number of allylic oxidation sites excluding steroid dienone is 4. The minimum absolute atomic E-state index is 0.121. The number of hydrogen-bond donors (Lipinski definition) is 1. The van der Waals surface area contributed by atoms with E-state index in [2.05, 4.69) is 0 Å². The van der Waals surface area contributed by atoms with Gasteiger partial charge >= 0.3 is 5.97 Å². The van der Waals surface area contributed by atoms with Crippen molar-refractivity contribution in [2.45, 2.75) is 12.8 Å². The summed E-state index contributed by atoms with van der Waals surface area (Å²) >= 11 is 5.72. The Kier molecular flexibility index (Phi) is 4.49. The smallest absolute Gasteiger partial charge is 0.303 e. The van der Waals surface area contributed by atoms with Gasteiger partial charge in [-0.15, -0.1) is 0 Å². The molecule has 1 N–H and O–H groups in total. The molecule has 0 spiro atoms. The minimum atomic E-state index is -1.01. The minimum Gasteiger partial charge on any atom is -0.481 e. The molecule has 1 aliphatic carbocycles. The third kappa shape index (κ3) is 4.02. The highest BCUT2D eigenvalue weighted by Crippen LogP contribution is 2.27. The molecular weight excluding hydrogens is 234 g/mol. The van der Waals surface area contributed by atoms with Gasteiger partial charge in [-0.05, 0) is 18.4 Å². The Balaban J connectivity index is 2.66. The molecule has 0 amide bonds. The first-order chi connectivity index (χ1) is 7.49. The lowest BCUT2D eigenvalue weighted by Gasteiger charge is -2.20. The molecule has 0 saturated heterocycles. The van der Waals surface area contributed by atoms with Crippen LogP contribution in [0.2, 0.25) is 0 Å². The second kappa shape index (κ2) is 5.65. The summed E-state index contributed by atoms with van der Waals surface area (Å²) in [7, 11) is 0. The molecule has 0 saturated carbocycles. The molecule has 0 radical (unpaired) electrons. The number of carbonyl (C=O) groups is 1. The van der Waals surface area contributed by atoms with E-state index in [1.807, 2.05) is 0 Å². The van der Waals surface area contributed by atoms with Crippen LogP contribution in [0.15, 0.2) is 23.3 Å². The van der Waals surface area contributed by atoms with Crippen LogP contribution in [0.3, 0.4) is 0 Å². The average Bonchev–Trinajstić information content (AvgIpc) is 2.16. The van der Waals surface area contributed by atoms with E-state index in [1.165, 1.54) is 0 Å². The highest BCUT2D eigenvalue weighted by molar-refractivity contribution is 6.31. The molecule has 0 aromatic heterocycles. The molecule has 0 aromatic carbocycles. The number of nitro groups is 1. The molecule has 0 aliphatic heterocycles. The van der Waals surface area contributed by atoms with Crippen LogP contribution in [0.25, 0.3) is 0 Å². The zero-order valence-electron chi connectivity index (χ0n) is 8.51. The van der Waals surface area contributed by atoms with Crippen molar-refractivity contribution in [1.82, 2.24) is 0 Å². The van der Waals surface area contributed by atoms with E-state index in [0.29, 0.717) is 11.5 Å². The van der Waals surface area contributed by atoms with E-state index in [9.17, 15) is 14.9 Å². The van der Waals surface area contributed by atoms with Crippen LogP contribution >= 0.6 is 11.6 Å². The van der Waals surface area contributed by atoms with Crippen LogP contribution in [-0.4, -0.2) is 22.5 Å². The fourth-order valence-corrected chi connectivity index (χ4v) is 1.89. The Hall–Kier alpha value is -1.36. The molecule has 16 heavy (non-hydrogen) atoms. The van der Waals surface area contributed by atoms with Crippen molar-refractivity contribution in [2.75, 3.05) is 6.54 Å². The molecule has 0 aromatic rings. The van der Waals surface area contributed by atoms with Crippen molar-refractivity contribution in [1.29, 1.82) is 0 Å². The van der Waals surface area contributed by atoms with Gasteiger partial charge in [0.1, 0.15) is 0 Å². The Labute approximate surface area is 97.6 Å². The number of aliphatic carboxylic acids is 1. The predicted octanol–water partition coefficient (Wildman–Crippen LogP) is 2.05. The predicted molar refractivity (Wildman–Crippen MR) is 58.8 cm³/mol. The Morgan fingerprint density at radius 1 is 1.75 bits per heavy atom. The van der Waals surface area contributed by atoms with Crippen molar-refractivity contribution in [3.05, 3.63) is 33.4 Å². The first kappa shape index (κ1) is 12.7. The van der Waals surface area contributed by atoms with Crippen molar-refractivity contribution in [2.24, 2.45) is 11.8 Å². The monoisotopic (exact) mass is 245 g/mol. The molecule has 88 valence electrons. The lowest BCUT2D eigenvalue weighted by Crippen LogP contribution is -2.25. The Morgan fingerprint density at radius 3 is 2.88 bits per heavy atom. The fraction of sp³-hybridized carbons (Fsp3) is 0.500. The maximum Gasteiger partial charge on any atom is 0.303 e. The van der Waals surface area contributed by atoms with Crippen LogP contribution in [-0.2, 0) is 4.79 Å². The van der Waals surface area contributed by atoms with Gasteiger partial charge in [0, 0.05) is 15.9 Å². The highest BCUT2D eigenvalue weighted by atomic mass is 35.5. The van der Waals surface area contributed by atoms with Gasteiger partial charge in [0.25, 0.3) is 0 Å². The van der Waals surface area contributed by atoms with E-state index < -0.39 is 16.8 Å². The van der Waals surface area contributed by atoms with Crippen LogP contribution in [0.1, 0.15) is 12.8 Å². The van der Waals surface area contributed by atoms with E-state index in [-0.39, 0.29) is 18.9 Å². The van der Waals surface area contributed by atoms with Gasteiger partial charge in [-0.1, -0.05) is 23.8 Å². The highest BCUT2D eigenvalue weighted by Gasteiger charge is 2.27. The molecule has 1 rings (SSSR count). The van der Waals surface area contributed by atoms with Gasteiger partial charge in [0.15, 0.2) is 0 Å². The summed E-state index contributed by atoms with van der Waals surface area (Å²) < 4.78 is 0. The molecule has 1 aliphatic rings. The van der Waals surface area contributed by atoms with Crippen molar-refractivity contribution >= 4 is 17.6 Å². The standard InChI is InChI=1S/C10H12ClNO4/c11-9-3-1-7(2-4-9)8(5-10(13)14)6-12(15)16/h1,3-4,7-8H,2,5-6H2,(H,13,14). The summed E-state index contributed by atoms with van der Waals surface area (Å²) in [6.45, 7) is -0.327. The number of nitrogens with zero attached hydrogens (tertiary/aromatic N) is 1. The third-order valence-electron chi connectivity index (χ3n) is 2.51. The molecule has 0 bridgehead atoms. The van der Waals surface area contributed by atoms with Crippen LogP contribution in [0.5, 0.6) is 0 Å². The first-order valence-electron chi connectivity index (χ1n) is 4.86. The van der Waals surface area contributed by atoms with Crippen molar-refractivity contribution in [3.8, 4) is 0 Å². The van der Waals surface area contributed by atoms with Crippen molar-refractivity contribution in [3.63, 3.8) is 0 Å². The quantitative estimate of drug-likeness (QED) is 0.594. The molecule has 6 heteroatoms. The molecular formula is C10H12ClNO4. The summed E-state index contributed by atoms with van der Waals surface area (Å²) in [4.78, 5) is 20.6. The summed E-state index contributed by atoms with van der Waals surface area (Å²) in [6.07, 6.45) is 5.52. The van der Waals surface area contributed by atoms with E-state index >= 15 is 0 Å². The largest absolute Gasteiger partial charge is 0.481 e. The van der Waals surface area contributed by atoms with Gasteiger partial charge in [-0.2, -0.15) is 0 Å². The first-order valence-corrected chi connectivity index (χ1v) is 5.24. The van der Waals surface area contributed by atoms with Crippen LogP contribution in [0.4, 0.5) is 0 Å². The summed E-state index contributed by atoms with van der Waals surface area (Å²) in [5, 5.41) is 19.7. The van der Waals surface area contributed by atoms with E-state index in [4.69, 9.17) is 16.7 Å². The zero-order chi connectivity index (χ0) is 12.1.